The predicted molar refractivity (Wildman–Crippen MR) is 78.6 cm³/mol. The van der Waals surface area contributed by atoms with Gasteiger partial charge in [0, 0.05) is 49.6 Å². The second-order valence-electron chi connectivity index (χ2n) is 5.67. The van der Waals surface area contributed by atoms with Gasteiger partial charge in [-0.15, -0.1) is 0 Å². The number of hydrogen-bond acceptors (Lipinski definition) is 3. The summed E-state index contributed by atoms with van der Waals surface area (Å²) >= 11 is 0. The molecule has 0 radical (unpaired) electrons. The summed E-state index contributed by atoms with van der Waals surface area (Å²) in [7, 11) is 1.68. The molecule has 2 heterocycles. The van der Waals surface area contributed by atoms with Crippen molar-refractivity contribution in [3.8, 4) is 0 Å². The van der Waals surface area contributed by atoms with Crippen LogP contribution in [0.3, 0.4) is 0 Å². The summed E-state index contributed by atoms with van der Waals surface area (Å²) in [6.07, 6.45) is 3.42. The van der Waals surface area contributed by atoms with Crippen molar-refractivity contribution in [3.63, 3.8) is 0 Å². The molecule has 1 aromatic heterocycles. The predicted octanol–water partition coefficient (Wildman–Crippen LogP) is 0.950. The molecule has 1 aliphatic rings. The quantitative estimate of drug-likeness (QED) is 0.861. The molecule has 0 unspecified atom stereocenters. The zero-order valence-electron chi connectivity index (χ0n) is 12.5. The van der Waals surface area contributed by atoms with Crippen molar-refractivity contribution in [2.75, 3.05) is 20.1 Å². The van der Waals surface area contributed by atoms with Crippen molar-refractivity contribution in [3.05, 3.63) is 33.2 Å². The molecular formula is C15H23N3O2. The lowest BCUT2D eigenvalue weighted by Crippen LogP contribution is -2.26. The summed E-state index contributed by atoms with van der Waals surface area (Å²) in [4.78, 5) is 28.8. The van der Waals surface area contributed by atoms with Gasteiger partial charge in [0.05, 0.1) is 0 Å². The van der Waals surface area contributed by atoms with Crippen LogP contribution in [0.1, 0.15) is 29.7 Å². The number of rotatable bonds is 4. The Bertz CT molecular complexity index is 551. The van der Waals surface area contributed by atoms with Crippen molar-refractivity contribution in [2.24, 2.45) is 5.92 Å². The molecule has 110 valence electrons. The fraction of sp³-hybridized carbons (Fsp3) is 0.600. The van der Waals surface area contributed by atoms with Crippen molar-refractivity contribution in [1.29, 1.82) is 0 Å². The van der Waals surface area contributed by atoms with E-state index in [-0.39, 0.29) is 11.3 Å². The van der Waals surface area contributed by atoms with Crippen LogP contribution < -0.4 is 10.7 Å². The highest BCUT2D eigenvalue weighted by Gasteiger charge is 2.24. The smallest absolute Gasteiger partial charge is 0.220 e. The molecular weight excluding hydrogens is 254 g/mol. The van der Waals surface area contributed by atoms with Crippen molar-refractivity contribution >= 4 is 5.91 Å². The summed E-state index contributed by atoms with van der Waals surface area (Å²) in [5.41, 5.74) is 2.67. The molecule has 1 aromatic rings. The Balaban J connectivity index is 1.97. The number of H-pyrrole nitrogens is 1. The molecule has 1 atom stereocenters. The molecule has 0 bridgehead atoms. The van der Waals surface area contributed by atoms with Crippen LogP contribution in [0.25, 0.3) is 0 Å². The Morgan fingerprint density at radius 2 is 2.25 bits per heavy atom. The van der Waals surface area contributed by atoms with E-state index in [0.29, 0.717) is 12.3 Å². The van der Waals surface area contributed by atoms with Crippen LogP contribution >= 0.6 is 0 Å². The van der Waals surface area contributed by atoms with E-state index in [2.05, 4.69) is 15.2 Å². The second-order valence-corrected chi connectivity index (χ2v) is 5.67. The van der Waals surface area contributed by atoms with Gasteiger partial charge in [-0.3, -0.25) is 14.5 Å². The third-order valence-corrected chi connectivity index (χ3v) is 4.12. The Morgan fingerprint density at radius 3 is 2.95 bits per heavy atom. The summed E-state index contributed by atoms with van der Waals surface area (Å²) in [6.45, 7) is 6.36. The monoisotopic (exact) mass is 277 g/mol. The van der Waals surface area contributed by atoms with E-state index in [9.17, 15) is 9.59 Å². The first kappa shape index (κ1) is 14.8. The Morgan fingerprint density at radius 1 is 1.50 bits per heavy atom. The number of pyridine rings is 1. The molecule has 0 aliphatic carbocycles. The molecule has 1 amide bonds. The van der Waals surface area contributed by atoms with Gasteiger partial charge in [0.2, 0.25) is 5.91 Å². The maximum absolute atomic E-state index is 11.9. The van der Waals surface area contributed by atoms with Gasteiger partial charge >= 0.3 is 0 Å². The number of likely N-dealkylation sites (tertiary alicyclic amines) is 1. The fourth-order valence-electron chi connectivity index (χ4n) is 2.78. The molecule has 0 aromatic carbocycles. The summed E-state index contributed by atoms with van der Waals surface area (Å²) in [6, 6.07) is 0. The van der Waals surface area contributed by atoms with E-state index in [1.54, 1.807) is 13.2 Å². The standard InChI is InChI=1S/C15H23N3O2/c1-10-7-17-13(11(2)15(10)20)9-18-5-4-12(8-18)6-14(19)16-3/h7,12H,4-6,8-9H2,1-3H3,(H,16,19)(H,17,20)/t12-/m1/s1. The zero-order chi connectivity index (χ0) is 14.7. The first-order chi connectivity index (χ1) is 9.51. The lowest BCUT2D eigenvalue weighted by molar-refractivity contribution is -0.121. The largest absolute Gasteiger partial charge is 0.363 e. The number of hydrogen-bond donors (Lipinski definition) is 2. The van der Waals surface area contributed by atoms with Crippen LogP contribution in [-0.2, 0) is 11.3 Å². The van der Waals surface area contributed by atoms with E-state index >= 15 is 0 Å². The minimum Gasteiger partial charge on any atom is -0.363 e. The number of amides is 1. The highest BCUT2D eigenvalue weighted by atomic mass is 16.1. The van der Waals surface area contributed by atoms with E-state index in [4.69, 9.17) is 0 Å². The zero-order valence-corrected chi connectivity index (χ0v) is 12.5. The second kappa shape index (κ2) is 6.22. The number of nitrogens with zero attached hydrogens (tertiary/aromatic N) is 1. The molecule has 1 aliphatic heterocycles. The minimum atomic E-state index is 0.108. The average Bonchev–Trinajstić information content (AvgIpc) is 2.86. The molecule has 0 spiro atoms. The normalized spacial score (nSPS) is 19.2. The van der Waals surface area contributed by atoms with Crippen LogP contribution in [0.15, 0.2) is 11.0 Å². The number of aromatic amines is 1. The van der Waals surface area contributed by atoms with Gasteiger partial charge in [-0.05, 0) is 32.7 Å². The summed E-state index contributed by atoms with van der Waals surface area (Å²) in [5, 5.41) is 2.67. The van der Waals surface area contributed by atoms with Gasteiger partial charge < -0.3 is 10.3 Å². The average molecular weight is 277 g/mol. The number of aryl methyl sites for hydroxylation is 1. The van der Waals surface area contributed by atoms with E-state index in [1.807, 2.05) is 13.8 Å². The highest BCUT2D eigenvalue weighted by Crippen LogP contribution is 2.21. The number of nitrogens with one attached hydrogen (secondary N) is 2. The molecule has 0 saturated carbocycles. The number of aromatic nitrogens is 1. The lowest BCUT2D eigenvalue weighted by atomic mass is 10.0. The highest BCUT2D eigenvalue weighted by molar-refractivity contribution is 5.75. The summed E-state index contributed by atoms with van der Waals surface area (Å²) in [5.74, 6) is 0.532. The van der Waals surface area contributed by atoms with Gasteiger partial charge in [0.1, 0.15) is 0 Å². The van der Waals surface area contributed by atoms with Gasteiger partial charge in [0.25, 0.3) is 0 Å². The van der Waals surface area contributed by atoms with E-state index < -0.39 is 0 Å². The van der Waals surface area contributed by atoms with Gasteiger partial charge in [-0.2, -0.15) is 0 Å². The van der Waals surface area contributed by atoms with Crippen molar-refractivity contribution in [2.45, 2.75) is 33.2 Å². The molecule has 5 nitrogen and oxygen atoms in total. The van der Waals surface area contributed by atoms with Crippen LogP contribution in [0, 0.1) is 19.8 Å². The Labute approximate surface area is 119 Å². The minimum absolute atomic E-state index is 0.108. The van der Waals surface area contributed by atoms with E-state index in [1.165, 1.54) is 0 Å². The maximum Gasteiger partial charge on any atom is 0.220 e. The third-order valence-electron chi connectivity index (χ3n) is 4.12. The van der Waals surface area contributed by atoms with Crippen molar-refractivity contribution < 1.29 is 4.79 Å². The number of carbonyl (C=O) groups is 1. The SMILES string of the molecule is CNC(=O)C[C@H]1CCN(Cc2[nH]cc(C)c(=O)c2C)C1. The van der Waals surface area contributed by atoms with Crippen LogP contribution in [0.4, 0.5) is 0 Å². The van der Waals surface area contributed by atoms with Gasteiger partial charge in [-0.1, -0.05) is 0 Å². The first-order valence-electron chi connectivity index (χ1n) is 7.12. The lowest BCUT2D eigenvalue weighted by Gasteiger charge is -2.17. The van der Waals surface area contributed by atoms with E-state index in [0.717, 1.165) is 42.9 Å². The first-order valence-corrected chi connectivity index (χ1v) is 7.12. The third kappa shape index (κ3) is 3.28. The number of carbonyl (C=O) groups excluding carboxylic acids is 1. The van der Waals surface area contributed by atoms with Gasteiger partial charge in [0.15, 0.2) is 5.43 Å². The van der Waals surface area contributed by atoms with Crippen LogP contribution in [0.2, 0.25) is 0 Å². The fourth-order valence-corrected chi connectivity index (χ4v) is 2.78. The molecule has 2 rings (SSSR count). The Hall–Kier alpha value is -1.62. The molecule has 1 fully saturated rings. The van der Waals surface area contributed by atoms with Crippen LogP contribution in [-0.4, -0.2) is 35.9 Å². The Kier molecular flexibility index (Phi) is 4.60. The van der Waals surface area contributed by atoms with Gasteiger partial charge in [-0.25, -0.2) is 0 Å². The topological polar surface area (TPSA) is 65.2 Å². The summed E-state index contributed by atoms with van der Waals surface area (Å²) < 4.78 is 0. The molecule has 2 N–H and O–H groups in total. The molecule has 5 heteroatoms. The van der Waals surface area contributed by atoms with Crippen LogP contribution in [0.5, 0.6) is 0 Å². The van der Waals surface area contributed by atoms with Crippen molar-refractivity contribution in [1.82, 2.24) is 15.2 Å². The maximum atomic E-state index is 11.9. The molecule has 1 saturated heterocycles. The molecule has 20 heavy (non-hydrogen) atoms.